The summed E-state index contributed by atoms with van der Waals surface area (Å²) in [5, 5.41) is 5.14. The summed E-state index contributed by atoms with van der Waals surface area (Å²) in [6.07, 6.45) is 2.35. The Kier molecular flexibility index (Phi) is 4.94. The van der Waals surface area contributed by atoms with Gasteiger partial charge >= 0.3 is 0 Å². The minimum absolute atomic E-state index is 0.495. The van der Waals surface area contributed by atoms with E-state index >= 15 is 0 Å². The maximum Gasteiger partial charge on any atom is 0.0455 e. The smallest absolute Gasteiger partial charge is 0.0455 e. The van der Waals surface area contributed by atoms with E-state index in [4.69, 9.17) is 23.2 Å². The minimum Gasteiger partial charge on any atom is -0.316 e. The van der Waals surface area contributed by atoms with E-state index in [1.165, 1.54) is 6.42 Å². The molecule has 2 unspecified atom stereocenters. The van der Waals surface area contributed by atoms with Gasteiger partial charge in [0.1, 0.15) is 0 Å². The third-order valence-electron chi connectivity index (χ3n) is 3.75. The van der Waals surface area contributed by atoms with Crippen LogP contribution >= 0.6 is 23.2 Å². The van der Waals surface area contributed by atoms with Crippen molar-refractivity contribution in [2.75, 3.05) is 13.1 Å². The molecule has 1 nitrogen and oxygen atoms in total. The number of halogens is 2. The molecular weight excluding hydrogens is 265 g/mol. The summed E-state index contributed by atoms with van der Waals surface area (Å²) in [6, 6.07) is 5.83. The molecule has 18 heavy (non-hydrogen) atoms. The second-order valence-electron chi connectivity index (χ2n) is 5.62. The Morgan fingerprint density at radius 2 is 1.94 bits per heavy atom. The van der Waals surface area contributed by atoms with E-state index in [0.717, 1.165) is 35.1 Å². The molecule has 1 aliphatic heterocycles. The zero-order chi connectivity index (χ0) is 13.1. The molecule has 1 aromatic carbocycles. The average Bonchev–Trinajstić information content (AvgIpc) is 2.30. The van der Waals surface area contributed by atoms with Gasteiger partial charge in [0, 0.05) is 10.0 Å². The summed E-state index contributed by atoms with van der Waals surface area (Å²) < 4.78 is 0. The molecule has 1 N–H and O–H groups in total. The van der Waals surface area contributed by atoms with Crippen molar-refractivity contribution >= 4 is 23.2 Å². The Morgan fingerprint density at radius 3 is 2.56 bits per heavy atom. The van der Waals surface area contributed by atoms with Gasteiger partial charge in [-0.2, -0.15) is 0 Å². The Hall–Kier alpha value is -0.240. The van der Waals surface area contributed by atoms with Crippen LogP contribution < -0.4 is 5.32 Å². The molecule has 2 rings (SSSR count). The van der Waals surface area contributed by atoms with Gasteiger partial charge in [0.25, 0.3) is 0 Å². The number of hydrogen-bond acceptors (Lipinski definition) is 1. The number of benzene rings is 1. The van der Waals surface area contributed by atoms with Crippen molar-refractivity contribution in [1.82, 2.24) is 5.32 Å². The van der Waals surface area contributed by atoms with Crippen LogP contribution in [0, 0.1) is 11.8 Å². The Bertz CT molecular complexity index is 383. The second-order valence-corrected chi connectivity index (χ2v) is 6.44. The minimum atomic E-state index is 0.495. The molecule has 1 aliphatic rings. The van der Waals surface area contributed by atoms with Crippen LogP contribution in [0.25, 0.3) is 0 Å². The molecular formula is C15H21Cl2N. The van der Waals surface area contributed by atoms with Crippen molar-refractivity contribution in [2.24, 2.45) is 11.8 Å². The van der Waals surface area contributed by atoms with Crippen LogP contribution in [0.2, 0.25) is 10.0 Å². The molecule has 3 heteroatoms. The highest BCUT2D eigenvalue weighted by atomic mass is 35.5. The molecule has 0 spiro atoms. The van der Waals surface area contributed by atoms with Crippen LogP contribution in [0.3, 0.4) is 0 Å². The number of rotatable bonds is 3. The van der Waals surface area contributed by atoms with Crippen molar-refractivity contribution in [3.63, 3.8) is 0 Å². The van der Waals surface area contributed by atoms with Gasteiger partial charge in [-0.25, -0.2) is 0 Å². The second kappa shape index (κ2) is 6.27. The lowest BCUT2D eigenvalue weighted by molar-refractivity contribution is 0.280. The van der Waals surface area contributed by atoms with E-state index in [-0.39, 0.29) is 0 Å². The maximum atomic E-state index is 6.36. The fraction of sp³-hybridized carbons (Fsp3) is 0.600. The Labute approximate surface area is 120 Å². The lowest BCUT2D eigenvalue weighted by Gasteiger charge is -2.34. The van der Waals surface area contributed by atoms with Crippen molar-refractivity contribution in [1.29, 1.82) is 0 Å². The van der Waals surface area contributed by atoms with Crippen molar-refractivity contribution < 1.29 is 0 Å². The molecule has 0 saturated carbocycles. The third-order valence-corrected chi connectivity index (χ3v) is 4.41. The third kappa shape index (κ3) is 3.20. The number of hydrogen-bond donors (Lipinski definition) is 1. The van der Waals surface area contributed by atoms with Gasteiger partial charge in [0.2, 0.25) is 0 Å². The SMILES string of the molecule is CC(C)CC1CNCCC1c1c(Cl)cccc1Cl. The number of piperidine rings is 1. The fourth-order valence-corrected chi connectivity index (χ4v) is 3.70. The highest BCUT2D eigenvalue weighted by molar-refractivity contribution is 6.36. The molecule has 0 radical (unpaired) electrons. The first-order valence-electron chi connectivity index (χ1n) is 6.74. The zero-order valence-corrected chi connectivity index (χ0v) is 12.6. The first-order valence-corrected chi connectivity index (χ1v) is 7.49. The Morgan fingerprint density at radius 1 is 1.28 bits per heavy atom. The van der Waals surface area contributed by atoms with Crippen molar-refractivity contribution in [3.05, 3.63) is 33.8 Å². The lowest BCUT2D eigenvalue weighted by Crippen LogP contribution is -2.36. The van der Waals surface area contributed by atoms with Gasteiger partial charge in [-0.1, -0.05) is 43.1 Å². The largest absolute Gasteiger partial charge is 0.316 e. The normalized spacial score (nSPS) is 24.5. The molecule has 2 atom stereocenters. The van der Waals surface area contributed by atoms with Crippen LogP contribution in [0.4, 0.5) is 0 Å². The molecule has 1 heterocycles. The van der Waals surface area contributed by atoms with Crippen LogP contribution in [0.1, 0.15) is 38.2 Å². The Balaban J connectivity index is 2.28. The molecule has 1 saturated heterocycles. The van der Waals surface area contributed by atoms with Crippen LogP contribution in [0.5, 0.6) is 0 Å². The van der Waals surface area contributed by atoms with Gasteiger partial charge in [-0.05, 0) is 61.4 Å². The summed E-state index contributed by atoms with van der Waals surface area (Å²) in [6.45, 7) is 6.69. The monoisotopic (exact) mass is 285 g/mol. The number of nitrogens with one attached hydrogen (secondary N) is 1. The lowest BCUT2D eigenvalue weighted by atomic mass is 9.77. The molecule has 1 aromatic rings. The van der Waals surface area contributed by atoms with Gasteiger partial charge in [-0.3, -0.25) is 0 Å². The van der Waals surface area contributed by atoms with Gasteiger partial charge < -0.3 is 5.32 Å². The first kappa shape index (κ1) is 14.2. The van der Waals surface area contributed by atoms with E-state index in [1.54, 1.807) is 0 Å². The van der Waals surface area contributed by atoms with Crippen molar-refractivity contribution in [3.8, 4) is 0 Å². The van der Waals surface area contributed by atoms with E-state index in [1.807, 2.05) is 18.2 Å². The topological polar surface area (TPSA) is 12.0 Å². The standard InChI is InChI=1S/C15H21Cl2N/c1-10(2)8-11-9-18-7-6-12(11)15-13(16)4-3-5-14(15)17/h3-5,10-12,18H,6-9H2,1-2H3. The maximum absolute atomic E-state index is 6.36. The van der Waals surface area contributed by atoms with Gasteiger partial charge in [-0.15, -0.1) is 0 Å². The highest BCUT2D eigenvalue weighted by Crippen LogP contribution is 2.41. The summed E-state index contributed by atoms with van der Waals surface area (Å²) in [5.41, 5.74) is 1.16. The molecule has 0 bridgehead atoms. The predicted molar refractivity (Wildman–Crippen MR) is 79.6 cm³/mol. The van der Waals surface area contributed by atoms with Gasteiger partial charge in [0.15, 0.2) is 0 Å². The van der Waals surface area contributed by atoms with Crippen LogP contribution in [-0.4, -0.2) is 13.1 Å². The predicted octanol–water partition coefficient (Wildman–Crippen LogP) is 4.73. The summed E-state index contributed by atoms with van der Waals surface area (Å²) in [4.78, 5) is 0. The molecule has 0 aliphatic carbocycles. The first-order chi connectivity index (χ1) is 8.59. The molecule has 100 valence electrons. The van der Waals surface area contributed by atoms with E-state index in [0.29, 0.717) is 17.8 Å². The van der Waals surface area contributed by atoms with Crippen LogP contribution in [-0.2, 0) is 0 Å². The molecule has 1 fully saturated rings. The fourth-order valence-electron chi connectivity index (χ4n) is 3.02. The van der Waals surface area contributed by atoms with E-state index < -0.39 is 0 Å². The van der Waals surface area contributed by atoms with Crippen LogP contribution in [0.15, 0.2) is 18.2 Å². The summed E-state index contributed by atoms with van der Waals surface area (Å²) in [5.74, 6) is 1.84. The van der Waals surface area contributed by atoms with E-state index in [9.17, 15) is 0 Å². The molecule has 0 aromatic heterocycles. The van der Waals surface area contributed by atoms with E-state index in [2.05, 4.69) is 19.2 Å². The van der Waals surface area contributed by atoms with Gasteiger partial charge in [0.05, 0.1) is 0 Å². The highest BCUT2D eigenvalue weighted by Gasteiger charge is 2.29. The summed E-state index contributed by atoms with van der Waals surface area (Å²) >= 11 is 12.7. The molecule has 0 amide bonds. The zero-order valence-electron chi connectivity index (χ0n) is 11.0. The average molecular weight is 286 g/mol. The summed E-state index contributed by atoms with van der Waals surface area (Å²) in [7, 11) is 0. The quantitative estimate of drug-likeness (QED) is 0.846. The van der Waals surface area contributed by atoms with Crippen molar-refractivity contribution in [2.45, 2.75) is 32.6 Å².